The van der Waals surface area contributed by atoms with Gasteiger partial charge in [-0.2, -0.15) is 0 Å². The first-order chi connectivity index (χ1) is 9.19. The second-order valence-electron chi connectivity index (χ2n) is 4.25. The first kappa shape index (κ1) is 17.0. The zero-order valence-electron chi connectivity index (χ0n) is 11.9. The van der Waals surface area contributed by atoms with Crippen molar-refractivity contribution in [1.29, 1.82) is 0 Å². The molecule has 0 aromatic carbocycles. The lowest BCUT2D eigenvalue weighted by molar-refractivity contribution is 0.728. The van der Waals surface area contributed by atoms with Gasteiger partial charge in [0.2, 0.25) is 0 Å². The van der Waals surface area contributed by atoms with Gasteiger partial charge in [-0.3, -0.25) is 4.99 Å². The summed E-state index contributed by atoms with van der Waals surface area (Å²) in [7, 11) is 3.75. The highest BCUT2D eigenvalue weighted by Gasteiger charge is 2.02. The first-order valence-electron chi connectivity index (χ1n) is 6.15. The summed E-state index contributed by atoms with van der Waals surface area (Å²) in [6.45, 7) is 3.56. The molecule has 0 aliphatic rings. The van der Waals surface area contributed by atoms with Crippen molar-refractivity contribution in [3.05, 3.63) is 40.1 Å². The average Bonchev–Trinajstić information content (AvgIpc) is 2.99. The van der Waals surface area contributed by atoms with Crippen molar-refractivity contribution in [1.82, 2.24) is 20.2 Å². The Morgan fingerprint density at radius 3 is 2.65 bits per heavy atom. The van der Waals surface area contributed by atoms with Crippen LogP contribution in [0.2, 0.25) is 0 Å². The number of imidazole rings is 1. The van der Waals surface area contributed by atoms with Crippen LogP contribution in [-0.2, 0) is 20.1 Å². The van der Waals surface area contributed by atoms with Crippen molar-refractivity contribution in [2.75, 3.05) is 7.05 Å². The van der Waals surface area contributed by atoms with Crippen LogP contribution < -0.4 is 10.6 Å². The molecule has 2 heterocycles. The van der Waals surface area contributed by atoms with Gasteiger partial charge in [0.1, 0.15) is 5.82 Å². The van der Waals surface area contributed by atoms with Gasteiger partial charge in [0.15, 0.2) is 5.96 Å². The van der Waals surface area contributed by atoms with Gasteiger partial charge >= 0.3 is 0 Å². The molecule has 0 atom stereocenters. The summed E-state index contributed by atoms with van der Waals surface area (Å²) in [5.41, 5.74) is 0. The topological polar surface area (TPSA) is 54.2 Å². The third-order valence-electron chi connectivity index (χ3n) is 2.78. The average molecular weight is 405 g/mol. The summed E-state index contributed by atoms with van der Waals surface area (Å²) in [5, 5.41) is 6.54. The summed E-state index contributed by atoms with van der Waals surface area (Å²) in [4.78, 5) is 11.1. The third-order valence-corrected chi connectivity index (χ3v) is 3.79. The van der Waals surface area contributed by atoms with E-state index in [2.05, 4.69) is 39.7 Å². The molecule has 110 valence electrons. The molecule has 2 aromatic rings. The Bertz CT molecular complexity index is 561. The lowest BCUT2D eigenvalue weighted by atomic mass is 10.4. The lowest BCUT2D eigenvalue weighted by Gasteiger charge is -2.11. The van der Waals surface area contributed by atoms with E-state index in [9.17, 15) is 0 Å². The highest BCUT2D eigenvalue weighted by atomic mass is 127. The van der Waals surface area contributed by atoms with E-state index in [-0.39, 0.29) is 24.0 Å². The van der Waals surface area contributed by atoms with E-state index in [1.165, 1.54) is 9.75 Å². The van der Waals surface area contributed by atoms with E-state index >= 15 is 0 Å². The molecular formula is C13H20IN5S. The SMILES string of the molecule is CN=C(NCc1ccc(C)s1)NCc1nccn1C.I. The number of aryl methyl sites for hydroxylation is 2. The number of thiophene rings is 1. The highest BCUT2D eigenvalue weighted by molar-refractivity contribution is 14.0. The van der Waals surface area contributed by atoms with Gasteiger partial charge in [-0.1, -0.05) is 0 Å². The fraction of sp³-hybridized carbons (Fsp3) is 0.385. The molecule has 7 heteroatoms. The van der Waals surface area contributed by atoms with Crippen LogP contribution in [0.1, 0.15) is 15.6 Å². The summed E-state index contributed by atoms with van der Waals surface area (Å²) in [5.74, 6) is 1.77. The summed E-state index contributed by atoms with van der Waals surface area (Å²) in [6, 6.07) is 4.27. The van der Waals surface area contributed by atoms with Crippen LogP contribution >= 0.6 is 35.3 Å². The number of rotatable bonds is 4. The predicted octanol–water partition coefficient (Wildman–Crippen LogP) is 2.27. The van der Waals surface area contributed by atoms with Gasteiger partial charge in [0.05, 0.1) is 13.1 Å². The number of nitrogens with zero attached hydrogens (tertiary/aromatic N) is 3. The molecular weight excluding hydrogens is 385 g/mol. The summed E-state index contributed by atoms with van der Waals surface area (Å²) in [6.07, 6.45) is 3.73. The standard InChI is InChI=1S/C13H19N5S.HI/c1-10-4-5-11(19-10)8-16-13(14-2)17-9-12-15-6-7-18(12)3;/h4-7H,8-9H2,1-3H3,(H2,14,16,17);1H. The molecule has 2 N–H and O–H groups in total. The van der Waals surface area contributed by atoms with Crippen LogP contribution in [0.15, 0.2) is 29.5 Å². The van der Waals surface area contributed by atoms with Gasteiger partial charge in [-0.05, 0) is 19.1 Å². The molecule has 0 spiro atoms. The molecule has 0 aliphatic carbocycles. The molecule has 0 aliphatic heterocycles. The van der Waals surface area contributed by atoms with E-state index in [0.717, 1.165) is 18.3 Å². The Kier molecular flexibility index (Phi) is 7.00. The quantitative estimate of drug-likeness (QED) is 0.466. The van der Waals surface area contributed by atoms with Crippen LogP contribution in [0.25, 0.3) is 0 Å². The molecule has 2 rings (SSSR count). The van der Waals surface area contributed by atoms with Gasteiger partial charge < -0.3 is 15.2 Å². The summed E-state index contributed by atoms with van der Waals surface area (Å²) >= 11 is 1.80. The Morgan fingerprint density at radius 2 is 2.10 bits per heavy atom. The Labute approximate surface area is 140 Å². The number of guanidine groups is 1. The summed E-state index contributed by atoms with van der Waals surface area (Å²) < 4.78 is 1.99. The second kappa shape index (κ2) is 8.25. The smallest absolute Gasteiger partial charge is 0.191 e. The van der Waals surface area contributed by atoms with Crippen molar-refractivity contribution in [2.45, 2.75) is 20.0 Å². The van der Waals surface area contributed by atoms with Gasteiger partial charge in [0, 0.05) is 36.2 Å². The minimum atomic E-state index is 0. The van der Waals surface area contributed by atoms with Crippen molar-refractivity contribution in [2.24, 2.45) is 12.0 Å². The molecule has 0 unspecified atom stereocenters. The second-order valence-corrected chi connectivity index (χ2v) is 5.62. The Balaban J connectivity index is 0.00000200. The number of aromatic nitrogens is 2. The fourth-order valence-electron chi connectivity index (χ4n) is 1.70. The minimum absolute atomic E-state index is 0. The maximum atomic E-state index is 4.26. The number of hydrogen-bond acceptors (Lipinski definition) is 3. The maximum absolute atomic E-state index is 4.26. The van der Waals surface area contributed by atoms with Crippen molar-refractivity contribution in [3.63, 3.8) is 0 Å². The van der Waals surface area contributed by atoms with Crippen LogP contribution in [0.5, 0.6) is 0 Å². The zero-order valence-corrected chi connectivity index (χ0v) is 15.0. The molecule has 0 radical (unpaired) electrons. The first-order valence-corrected chi connectivity index (χ1v) is 6.96. The normalized spacial score (nSPS) is 11.1. The largest absolute Gasteiger partial charge is 0.352 e. The molecule has 2 aromatic heterocycles. The van der Waals surface area contributed by atoms with Crippen LogP contribution in [0, 0.1) is 6.92 Å². The van der Waals surface area contributed by atoms with Crippen molar-refractivity contribution in [3.8, 4) is 0 Å². The monoisotopic (exact) mass is 405 g/mol. The number of nitrogens with one attached hydrogen (secondary N) is 2. The Hall–Kier alpha value is -1.09. The molecule has 5 nitrogen and oxygen atoms in total. The van der Waals surface area contributed by atoms with E-state index < -0.39 is 0 Å². The zero-order chi connectivity index (χ0) is 13.7. The predicted molar refractivity (Wildman–Crippen MR) is 94.7 cm³/mol. The van der Waals surface area contributed by atoms with Crippen LogP contribution in [-0.4, -0.2) is 22.6 Å². The Morgan fingerprint density at radius 1 is 1.35 bits per heavy atom. The van der Waals surface area contributed by atoms with Crippen molar-refractivity contribution < 1.29 is 0 Å². The molecule has 0 saturated heterocycles. The number of hydrogen-bond donors (Lipinski definition) is 2. The maximum Gasteiger partial charge on any atom is 0.191 e. The number of aliphatic imine (C=N–C) groups is 1. The van der Waals surface area contributed by atoms with Gasteiger partial charge in [-0.15, -0.1) is 35.3 Å². The van der Waals surface area contributed by atoms with Gasteiger partial charge in [-0.25, -0.2) is 4.98 Å². The molecule has 0 bridgehead atoms. The van der Waals surface area contributed by atoms with Crippen LogP contribution in [0.4, 0.5) is 0 Å². The van der Waals surface area contributed by atoms with Crippen molar-refractivity contribution >= 4 is 41.3 Å². The third kappa shape index (κ3) is 4.78. The highest BCUT2D eigenvalue weighted by Crippen LogP contribution is 2.14. The lowest BCUT2D eigenvalue weighted by Crippen LogP contribution is -2.36. The van der Waals surface area contributed by atoms with E-state index in [1.807, 2.05) is 17.8 Å². The molecule has 0 amide bonds. The van der Waals surface area contributed by atoms with Crippen LogP contribution in [0.3, 0.4) is 0 Å². The van der Waals surface area contributed by atoms with Gasteiger partial charge in [0.25, 0.3) is 0 Å². The van der Waals surface area contributed by atoms with E-state index in [4.69, 9.17) is 0 Å². The van der Waals surface area contributed by atoms with E-state index in [0.29, 0.717) is 6.54 Å². The minimum Gasteiger partial charge on any atom is -0.352 e. The fourth-order valence-corrected chi connectivity index (χ4v) is 2.53. The number of halogens is 1. The molecule has 0 saturated carbocycles. The molecule has 20 heavy (non-hydrogen) atoms. The molecule has 0 fully saturated rings. The van der Waals surface area contributed by atoms with E-state index in [1.54, 1.807) is 24.6 Å².